The van der Waals surface area contributed by atoms with E-state index in [0.717, 1.165) is 5.69 Å². The summed E-state index contributed by atoms with van der Waals surface area (Å²) in [4.78, 5) is 4.03. The molecule has 0 aliphatic carbocycles. The minimum atomic E-state index is -3.48. The summed E-state index contributed by atoms with van der Waals surface area (Å²) in [5.41, 5.74) is 1.43. The Bertz CT molecular complexity index is 462. The minimum absolute atomic E-state index is 0.0304. The van der Waals surface area contributed by atoms with Gasteiger partial charge in [0, 0.05) is 5.88 Å². The van der Waals surface area contributed by atoms with E-state index in [9.17, 15) is 8.42 Å². The Labute approximate surface area is 100 Å². The van der Waals surface area contributed by atoms with Crippen LogP contribution in [0.3, 0.4) is 0 Å². The molecule has 0 spiro atoms. The average Bonchev–Trinajstić information content (AvgIpc) is 2.28. The molecule has 1 rings (SSSR count). The van der Waals surface area contributed by atoms with Gasteiger partial charge in [0.2, 0.25) is 9.84 Å². The zero-order valence-corrected chi connectivity index (χ0v) is 10.8. The quantitative estimate of drug-likeness (QED) is 0.742. The molecule has 0 amide bonds. The van der Waals surface area contributed by atoms with Crippen molar-refractivity contribution >= 4 is 21.4 Å². The number of halogens is 1. The molecule has 0 N–H and O–H groups in total. The van der Waals surface area contributed by atoms with Crippen molar-refractivity contribution in [3.8, 4) is 0 Å². The monoisotopic (exact) mass is 263 g/mol. The van der Waals surface area contributed by atoms with Crippen LogP contribution in [0.5, 0.6) is 0 Å². The van der Waals surface area contributed by atoms with Gasteiger partial charge in [-0.15, -0.1) is 16.7 Å². The Morgan fingerprint density at radius 1 is 1.12 bits per heavy atom. The van der Waals surface area contributed by atoms with Gasteiger partial charge in [0.25, 0.3) is 5.16 Å². The summed E-state index contributed by atoms with van der Waals surface area (Å²) in [6.45, 7) is 3.83. The molecule has 0 fully saturated rings. The molecule has 1 heterocycles. The van der Waals surface area contributed by atoms with Gasteiger partial charge in [0.05, 0.1) is 17.1 Å². The number of sulfone groups is 1. The van der Waals surface area contributed by atoms with Crippen LogP contribution in [0.25, 0.3) is 0 Å². The average molecular weight is 264 g/mol. The minimum Gasteiger partial charge on any atom is -0.220 e. The van der Waals surface area contributed by atoms with Crippen LogP contribution in [0.2, 0.25) is 0 Å². The number of aryl methyl sites for hydroxylation is 2. The van der Waals surface area contributed by atoms with E-state index in [1.807, 2.05) is 13.8 Å². The van der Waals surface area contributed by atoms with Gasteiger partial charge < -0.3 is 0 Å². The van der Waals surface area contributed by atoms with Crippen molar-refractivity contribution in [1.29, 1.82) is 0 Å². The van der Waals surface area contributed by atoms with E-state index in [-0.39, 0.29) is 16.8 Å². The van der Waals surface area contributed by atoms with E-state index in [0.29, 0.717) is 18.5 Å². The smallest absolute Gasteiger partial charge is 0.220 e. The molecule has 0 radical (unpaired) electrons. The van der Waals surface area contributed by atoms with Crippen LogP contribution in [0.1, 0.15) is 25.2 Å². The molecule has 90 valence electrons. The van der Waals surface area contributed by atoms with E-state index in [4.69, 9.17) is 11.6 Å². The lowest BCUT2D eigenvalue weighted by Crippen LogP contribution is -2.15. The number of nitrogens with zero attached hydrogens (tertiary/aromatic N) is 3. The van der Waals surface area contributed by atoms with Crippen LogP contribution in [0.15, 0.2) is 5.16 Å². The van der Waals surface area contributed by atoms with Gasteiger partial charge in [-0.1, -0.05) is 13.8 Å². The second-order valence-electron chi connectivity index (χ2n) is 3.20. The summed E-state index contributed by atoms with van der Waals surface area (Å²) in [7, 11) is -3.48. The third-order valence-electron chi connectivity index (χ3n) is 2.11. The van der Waals surface area contributed by atoms with Crippen molar-refractivity contribution in [3.05, 3.63) is 11.4 Å². The van der Waals surface area contributed by atoms with Gasteiger partial charge in [-0.25, -0.2) is 13.4 Å². The first-order chi connectivity index (χ1) is 7.55. The Balaban J connectivity index is 3.18. The normalized spacial score (nSPS) is 11.7. The van der Waals surface area contributed by atoms with Gasteiger partial charge >= 0.3 is 0 Å². The van der Waals surface area contributed by atoms with Crippen LogP contribution < -0.4 is 0 Å². The van der Waals surface area contributed by atoms with Gasteiger partial charge in [0.15, 0.2) is 0 Å². The molecule has 1 aromatic heterocycles. The second-order valence-corrected chi connectivity index (χ2v) is 5.58. The SMILES string of the molecule is CCc1nnc(S(=O)(=O)CCCl)nc1CC. The highest BCUT2D eigenvalue weighted by Crippen LogP contribution is 2.09. The highest BCUT2D eigenvalue weighted by Gasteiger charge is 2.19. The van der Waals surface area contributed by atoms with Crippen molar-refractivity contribution in [1.82, 2.24) is 15.2 Å². The van der Waals surface area contributed by atoms with Gasteiger partial charge in [0.1, 0.15) is 0 Å². The van der Waals surface area contributed by atoms with Crippen LogP contribution >= 0.6 is 11.6 Å². The van der Waals surface area contributed by atoms with E-state index < -0.39 is 9.84 Å². The summed E-state index contributed by atoms with van der Waals surface area (Å²) in [6, 6.07) is 0. The van der Waals surface area contributed by atoms with Crippen molar-refractivity contribution in [2.75, 3.05) is 11.6 Å². The first kappa shape index (κ1) is 13.3. The van der Waals surface area contributed by atoms with E-state index in [2.05, 4.69) is 15.2 Å². The predicted octanol–water partition coefficient (Wildman–Crippen LogP) is 1.01. The van der Waals surface area contributed by atoms with Gasteiger partial charge in [-0.05, 0) is 12.8 Å². The lowest BCUT2D eigenvalue weighted by Gasteiger charge is -2.05. The van der Waals surface area contributed by atoms with Crippen LogP contribution in [0, 0.1) is 0 Å². The van der Waals surface area contributed by atoms with Crippen LogP contribution in [-0.4, -0.2) is 35.2 Å². The van der Waals surface area contributed by atoms with E-state index >= 15 is 0 Å². The molecule has 0 aromatic carbocycles. The maximum atomic E-state index is 11.7. The third kappa shape index (κ3) is 2.89. The highest BCUT2D eigenvalue weighted by atomic mass is 35.5. The lowest BCUT2D eigenvalue weighted by molar-refractivity contribution is 0.580. The van der Waals surface area contributed by atoms with Crippen molar-refractivity contribution in [2.24, 2.45) is 0 Å². The topological polar surface area (TPSA) is 72.8 Å². The molecule has 0 aliphatic heterocycles. The summed E-state index contributed by atoms with van der Waals surface area (Å²) in [6.07, 6.45) is 1.33. The summed E-state index contributed by atoms with van der Waals surface area (Å²) in [5.74, 6) is -0.131. The molecule has 0 aliphatic rings. The summed E-state index contributed by atoms with van der Waals surface area (Å²) >= 11 is 5.41. The molecule has 0 unspecified atom stereocenters. The summed E-state index contributed by atoms with van der Waals surface area (Å²) < 4.78 is 23.3. The number of aromatic nitrogens is 3. The summed E-state index contributed by atoms with van der Waals surface area (Å²) in [5, 5.41) is 7.30. The van der Waals surface area contributed by atoms with E-state index in [1.165, 1.54) is 0 Å². The molecule has 7 heteroatoms. The molecular weight excluding hydrogens is 250 g/mol. The van der Waals surface area contributed by atoms with Crippen LogP contribution in [0.4, 0.5) is 0 Å². The Hall–Kier alpha value is -0.750. The largest absolute Gasteiger partial charge is 0.267 e. The molecule has 0 bridgehead atoms. The second kappa shape index (κ2) is 5.54. The fraction of sp³-hybridized carbons (Fsp3) is 0.667. The molecule has 1 aromatic rings. The Morgan fingerprint density at radius 3 is 2.25 bits per heavy atom. The third-order valence-corrected chi connectivity index (χ3v) is 4.00. The fourth-order valence-corrected chi connectivity index (χ4v) is 2.66. The number of hydrogen-bond donors (Lipinski definition) is 0. The number of alkyl halides is 1. The van der Waals surface area contributed by atoms with Gasteiger partial charge in [-0.2, -0.15) is 5.10 Å². The first-order valence-corrected chi connectivity index (χ1v) is 7.25. The van der Waals surface area contributed by atoms with Gasteiger partial charge in [-0.3, -0.25) is 0 Å². The molecule has 5 nitrogen and oxygen atoms in total. The first-order valence-electron chi connectivity index (χ1n) is 5.06. The zero-order valence-electron chi connectivity index (χ0n) is 9.27. The molecule has 16 heavy (non-hydrogen) atoms. The zero-order chi connectivity index (χ0) is 12.2. The van der Waals surface area contributed by atoms with Crippen LogP contribution in [-0.2, 0) is 22.7 Å². The Kier molecular flexibility index (Phi) is 4.61. The number of hydrogen-bond acceptors (Lipinski definition) is 5. The Morgan fingerprint density at radius 2 is 1.75 bits per heavy atom. The maximum absolute atomic E-state index is 11.7. The fourth-order valence-electron chi connectivity index (χ4n) is 1.25. The molecule has 0 saturated carbocycles. The van der Waals surface area contributed by atoms with Crippen molar-refractivity contribution in [2.45, 2.75) is 31.8 Å². The molecule has 0 saturated heterocycles. The lowest BCUT2D eigenvalue weighted by atomic mass is 10.2. The van der Waals surface area contributed by atoms with Crippen molar-refractivity contribution in [3.63, 3.8) is 0 Å². The molecular formula is C9H14ClN3O2S. The molecule has 0 atom stereocenters. The number of rotatable bonds is 5. The predicted molar refractivity (Wildman–Crippen MR) is 61.4 cm³/mol. The standard InChI is InChI=1S/C9H14ClN3O2S/c1-3-7-8(4-2)12-13-9(11-7)16(14,15)6-5-10/h3-6H2,1-2H3. The highest BCUT2D eigenvalue weighted by molar-refractivity contribution is 7.91. The maximum Gasteiger partial charge on any atom is 0.267 e. The van der Waals surface area contributed by atoms with Crippen molar-refractivity contribution < 1.29 is 8.42 Å². The van der Waals surface area contributed by atoms with E-state index in [1.54, 1.807) is 0 Å².